The van der Waals surface area contributed by atoms with Crippen molar-refractivity contribution < 1.29 is 4.74 Å². The summed E-state index contributed by atoms with van der Waals surface area (Å²) in [5.74, 6) is 6.28. The Morgan fingerprint density at radius 1 is 1.39 bits per heavy atom. The Kier molecular flexibility index (Phi) is 4.64. The molecular weight excluding hydrogens is 336 g/mol. The van der Waals surface area contributed by atoms with Crippen LogP contribution in [0.15, 0.2) is 33.4 Å². The van der Waals surface area contributed by atoms with Crippen LogP contribution < -0.4 is 16.0 Å². The van der Waals surface area contributed by atoms with Crippen molar-refractivity contribution in [2.24, 2.45) is 5.84 Å². The monoisotopic (exact) mass is 346 g/mol. The number of ether oxygens (including phenoxy) is 1. The minimum atomic E-state index is -0.0845. The van der Waals surface area contributed by atoms with Gasteiger partial charge in [-0.1, -0.05) is 17.7 Å². The summed E-state index contributed by atoms with van der Waals surface area (Å²) in [5.41, 5.74) is 4.91. The van der Waals surface area contributed by atoms with Gasteiger partial charge in [-0.25, -0.2) is 5.43 Å². The standard InChI is InChI=1S/C12H12BrClN2OS/c1-17-10-4-7(2-3-9(10)14)12(16-15)8-5-11(13)18-6-8/h2-6,12,16H,15H2,1H3. The van der Waals surface area contributed by atoms with E-state index in [1.807, 2.05) is 24.3 Å². The normalized spacial score (nSPS) is 12.4. The molecule has 2 rings (SSSR count). The Morgan fingerprint density at radius 2 is 2.17 bits per heavy atom. The second-order valence-corrected chi connectivity index (χ2v) is 6.38. The number of thiophene rings is 1. The van der Waals surface area contributed by atoms with E-state index < -0.39 is 0 Å². The Labute approximate surface area is 123 Å². The summed E-state index contributed by atoms with van der Waals surface area (Å²) in [5, 5.41) is 2.64. The number of nitrogens with one attached hydrogen (secondary N) is 1. The maximum atomic E-state index is 6.01. The van der Waals surface area contributed by atoms with Gasteiger partial charge < -0.3 is 4.74 Å². The molecule has 0 bridgehead atoms. The highest BCUT2D eigenvalue weighted by atomic mass is 79.9. The molecule has 18 heavy (non-hydrogen) atoms. The molecule has 6 heteroatoms. The number of hydrazine groups is 1. The molecule has 3 nitrogen and oxygen atoms in total. The largest absolute Gasteiger partial charge is 0.495 e. The van der Waals surface area contributed by atoms with E-state index in [1.165, 1.54) is 0 Å². The lowest BCUT2D eigenvalue weighted by Crippen LogP contribution is -2.28. The van der Waals surface area contributed by atoms with Gasteiger partial charge in [-0.15, -0.1) is 11.3 Å². The zero-order valence-corrected chi connectivity index (χ0v) is 12.8. The third kappa shape index (κ3) is 2.87. The third-order valence-electron chi connectivity index (χ3n) is 2.60. The number of rotatable bonds is 4. The molecule has 3 N–H and O–H groups in total. The highest BCUT2D eigenvalue weighted by Gasteiger charge is 2.15. The lowest BCUT2D eigenvalue weighted by Gasteiger charge is -2.16. The van der Waals surface area contributed by atoms with E-state index in [1.54, 1.807) is 18.4 Å². The lowest BCUT2D eigenvalue weighted by atomic mass is 10.0. The van der Waals surface area contributed by atoms with E-state index in [9.17, 15) is 0 Å². The molecule has 1 atom stereocenters. The molecular formula is C12H12BrClN2OS. The van der Waals surface area contributed by atoms with Gasteiger partial charge >= 0.3 is 0 Å². The third-order valence-corrected chi connectivity index (χ3v) is 4.43. The molecule has 0 saturated heterocycles. The molecule has 0 amide bonds. The summed E-state index contributed by atoms with van der Waals surface area (Å²) in [6.07, 6.45) is 0. The number of methoxy groups -OCH3 is 1. The molecule has 0 spiro atoms. The number of benzene rings is 1. The number of hydrogen-bond acceptors (Lipinski definition) is 4. The fraction of sp³-hybridized carbons (Fsp3) is 0.167. The molecule has 1 unspecified atom stereocenters. The fourth-order valence-electron chi connectivity index (χ4n) is 1.72. The molecule has 1 aromatic heterocycles. The van der Waals surface area contributed by atoms with Crippen LogP contribution in [0.2, 0.25) is 5.02 Å². The van der Waals surface area contributed by atoms with Crippen molar-refractivity contribution in [2.45, 2.75) is 6.04 Å². The first-order valence-corrected chi connectivity index (χ1v) is 7.24. The second-order valence-electron chi connectivity index (χ2n) is 3.68. The molecule has 2 aromatic rings. The Balaban J connectivity index is 2.38. The van der Waals surface area contributed by atoms with Gasteiger partial charge in [0.25, 0.3) is 0 Å². The van der Waals surface area contributed by atoms with Gasteiger partial charge in [0, 0.05) is 0 Å². The predicted molar refractivity (Wildman–Crippen MR) is 79.2 cm³/mol. The SMILES string of the molecule is COc1cc(C(NN)c2csc(Br)c2)ccc1Cl. The highest BCUT2D eigenvalue weighted by molar-refractivity contribution is 9.11. The first kappa shape index (κ1) is 13.8. The van der Waals surface area contributed by atoms with Gasteiger partial charge in [-0.2, -0.15) is 0 Å². The van der Waals surface area contributed by atoms with Crippen molar-refractivity contribution in [1.29, 1.82) is 0 Å². The average Bonchev–Trinajstić information content (AvgIpc) is 2.79. The lowest BCUT2D eigenvalue weighted by molar-refractivity contribution is 0.414. The van der Waals surface area contributed by atoms with Crippen LogP contribution in [0, 0.1) is 0 Å². The molecule has 0 fully saturated rings. The molecule has 1 aromatic carbocycles. The van der Waals surface area contributed by atoms with Gasteiger partial charge in [0.2, 0.25) is 0 Å². The van der Waals surface area contributed by atoms with Crippen LogP contribution in [0.3, 0.4) is 0 Å². The molecule has 0 saturated carbocycles. The quantitative estimate of drug-likeness (QED) is 0.654. The number of hydrogen-bond donors (Lipinski definition) is 2. The van der Waals surface area contributed by atoms with Crippen LogP contribution in [0.5, 0.6) is 5.75 Å². The van der Waals surface area contributed by atoms with Crippen molar-refractivity contribution in [1.82, 2.24) is 5.43 Å². The smallest absolute Gasteiger partial charge is 0.137 e. The Hall–Kier alpha value is -0.590. The van der Waals surface area contributed by atoms with E-state index >= 15 is 0 Å². The van der Waals surface area contributed by atoms with Gasteiger partial charge in [-0.3, -0.25) is 5.84 Å². The van der Waals surface area contributed by atoms with E-state index in [0.29, 0.717) is 10.8 Å². The predicted octanol–water partition coefficient (Wildman–Crippen LogP) is 3.73. The minimum Gasteiger partial charge on any atom is -0.495 e. The van der Waals surface area contributed by atoms with E-state index in [0.717, 1.165) is 14.9 Å². The average molecular weight is 348 g/mol. The first-order chi connectivity index (χ1) is 8.65. The van der Waals surface area contributed by atoms with Crippen molar-refractivity contribution >= 4 is 38.9 Å². The van der Waals surface area contributed by atoms with Crippen LogP contribution in [0.4, 0.5) is 0 Å². The molecule has 96 valence electrons. The van der Waals surface area contributed by atoms with Crippen LogP contribution in [0.25, 0.3) is 0 Å². The van der Waals surface area contributed by atoms with Crippen LogP contribution >= 0.6 is 38.9 Å². The van der Waals surface area contributed by atoms with Crippen molar-refractivity contribution in [3.63, 3.8) is 0 Å². The minimum absolute atomic E-state index is 0.0845. The molecule has 0 aliphatic rings. The van der Waals surface area contributed by atoms with Gasteiger partial charge in [0.05, 0.1) is 22.0 Å². The first-order valence-electron chi connectivity index (χ1n) is 5.19. The Bertz CT molecular complexity index is 547. The van der Waals surface area contributed by atoms with Crippen LogP contribution in [0.1, 0.15) is 17.2 Å². The summed E-state index contributed by atoms with van der Waals surface area (Å²) >= 11 is 11.1. The summed E-state index contributed by atoms with van der Waals surface area (Å²) in [6.45, 7) is 0. The van der Waals surface area contributed by atoms with Crippen LogP contribution in [-0.4, -0.2) is 7.11 Å². The Morgan fingerprint density at radius 3 is 2.72 bits per heavy atom. The van der Waals surface area contributed by atoms with Gasteiger partial charge in [-0.05, 0) is 50.6 Å². The molecule has 1 heterocycles. The van der Waals surface area contributed by atoms with Gasteiger partial charge in [0.15, 0.2) is 0 Å². The fourth-order valence-corrected chi connectivity index (χ4v) is 3.11. The summed E-state index contributed by atoms with van der Waals surface area (Å²) in [7, 11) is 1.59. The van der Waals surface area contributed by atoms with Crippen molar-refractivity contribution in [3.05, 3.63) is 49.6 Å². The number of nitrogens with two attached hydrogens (primary N) is 1. The van der Waals surface area contributed by atoms with Crippen LogP contribution in [-0.2, 0) is 0 Å². The topological polar surface area (TPSA) is 47.3 Å². The zero-order valence-electron chi connectivity index (χ0n) is 9.61. The van der Waals surface area contributed by atoms with E-state index in [2.05, 4.69) is 26.7 Å². The highest BCUT2D eigenvalue weighted by Crippen LogP contribution is 2.32. The molecule has 0 radical (unpaired) electrons. The zero-order chi connectivity index (χ0) is 13.1. The molecule has 0 aliphatic carbocycles. The number of halogens is 2. The maximum Gasteiger partial charge on any atom is 0.137 e. The summed E-state index contributed by atoms with van der Waals surface area (Å²) < 4.78 is 6.28. The summed E-state index contributed by atoms with van der Waals surface area (Å²) in [4.78, 5) is 0. The second kappa shape index (κ2) is 6.04. The van der Waals surface area contributed by atoms with Crippen molar-refractivity contribution in [3.8, 4) is 5.75 Å². The molecule has 0 aliphatic heterocycles. The van der Waals surface area contributed by atoms with Gasteiger partial charge in [0.1, 0.15) is 5.75 Å². The van der Waals surface area contributed by atoms with E-state index in [4.69, 9.17) is 22.2 Å². The summed E-state index contributed by atoms with van der Waals surface area (Å²) in [6, 6.07) is 7.58. The van der Waals surface area contributed by atoms with Crippen molar-refractivity contribution in [2.75, 3.05) is 7.11 Å². The maximum absolute atomic E-state index is 6.01. The van der Waals surface area contributed by atoms with E-state index in [-0.39, 0.29) is 6.04 Å².